The minimum Gasteiger partial charge on any atom is -0.497 e. The molecular weight excluding hydrogens is 865 g/mol. The molecule has 0 bridgehead atoms. The molecule has 5 unspecified atom stereocenters. The molecule has 0 aromatic heterocycles. The highest BCUT2D eigenvalue weighted by atomic mass is 16.6. The van der Waals surface area contributed by atoms with Crippen LogP contribution >= 0.6 is 0 Å². The summed E-state index contributed by atoms with van der Waals surface area (Å²) in [5.41, 5.74) is 0.631. The van der Waals surface area contributed by atoms with Gasteiger partial charge in [0, 0.05) is 20.0 Å². The van der Waals surface area contributed by atoms with Crippen LogP contribution in [0.3, 0.4) is 0 Å². The van der Waals surface area contributed by atoms with E-state index >= 15 is 0 Å². The zero-order valence-electron chi connectivity index (χ0n) is 41.9. The van der Waals surface area contributed by atoms with E-state index in [1.54, 1.807) is 52.1 Å². The average molecular weight is 943 g/mol. The Hall–Kier alpha value is -5.10. The highest BCUT2D eigenvalue weighted by molar-refractivity contribution is 6.05. The van der Waals surface area contributed by atoms with E-state index in [1.807, 2.05) is 34.6 Å². The van der Waals surface area contributed by atoms with Crippen molar-refractivity contribution in [3.63, 3.8) is 0 Å². The number of hydrogen-bond donors (Lipinski definition) is 5. The lowest BCUT2D eigenvalue weighted by molar-refractivity contribution is -0.163. The third kappa shape index (κ3) is 15.5. The molecule has 2 aliphatic rings. The Morgan fingerprint density at radius 1 is 0.910 bits per heavy atom. The summed E-state index contributed by atoms with van der Waals surface area (Å²) in [5, 5.41) is 22.9. The van der Waals surface area contributed by atoms with Crippen LogP contribution in [-0.4, -0.2) is 144 Å². The summed E-state index contributed by atoms with van der Waals surface area (Å²) in [5.74, 6) is -7.71. The molecule has 5 amide bonds. The van der Waals surface area contributed by atoms with Crippen LogP contribution in [-0.2, 0) is 54.3 Å². The van der Waals surface area contributed by atoms with Crippen LogP contribution in [0.4, 0.5) is 0 Å². The summed E-state index contributed by atoms with van der Waals surface area (Å²) in [6.07, 6.45) is -3.30. The number of aliphatic hydroxyl groups is 1. The Morgan fingerprint density at radius 3 is 2.10 bits per heavy atom. The smallest absolute Gasteiger partial charge is 0.329 e. The van der Waals surface area contributed by atoms with Crippen LogP contribution in [0.2, 0.25) is 0 Å². The van der Waals surface area contributed by atoms with Gasteiger partial charge >= 0.3 is 11.9 Å². The number of nitrogens with zero attached hydrogens (tertiary/aromatic N) is 2. The molecule has 18 nitrogen and oxygen atoms in total. The zero-order valence-corrected chi connectivity index (χ0v) is 41.9. The molecule has 0 aliphatic carbocycles. The van der Waals surface area contributed by atoms with Gasteiger partial charge in [0.2, 0.25) is 29.5 Å². The number of cyclic esters (lactones) is 2. The first kappa shape index (κ1) is 56.2. The highest BCUT2D eigenvalue weighted by Crippen LogP contribution is 2.26. The van der Waals surface area contributed by atoms with Crippen molar-refractivity contribution in [1.82, 2.24) is 31.1 Å². The molecule has 1 aromatic carbocycles. The van der Waals surface area contributed by atoms with Crippen molar-refractivity contribution >= 4 is 47.3 Å². The maximum absolute atomic E-state index is 14.7. The molecule has 67 heavy (non-hydrogen) atoms. The summed E-state index contributed by atoms with van der Waals surface area (Å²) < 4.78 is 17.1. The lowest BCUT2D eigenvalue weighted by Gasteiger charge is -2.35. The normalized spacial score (nSPS) is 27.8. The first-order chi connectivity index (χ1) is 31.4. The van der Waals surface area contributed by atoms with Crippen LogP contribution in [0, 0.1) is 29.6 Å². The number of esters is 2. The topological polar surface area (TPSA) is 239 Å². The number of nitrogens with one attached hydrogen (secondary N) is 4. The van der Waals surface area contributed by atoms with Gasteiger partial charge in [0.25, 0.3) is 0 Å². The van der Waals surface area contributed by atoms with Crippen LogP contribution in [0.15, 0.2) is 24.3 Å². The van der Waals surface area contributed by atoms with Gasteiger partial charge in [-0.25, -0.2) is 4.79 Å². The molecule has 2 aliphatic heterocycles. The number of benzene rings is 1. The number of hydrogen-bond acceptors (Lipinski definition) is 13. The predicted molar refractivity (Wildman–Crippen MR) is 250 cm³/mol. The number of Topliss-reactive ketones (excluding diaryl/α,β-unsaturated/α-hetero) is 1. The van der Waals surface area contributed by atoms with Crippen LogP contribution in [0.25, 0.3) is 0 Å². The third-order valence-corrected chi connectivity index (χ3v) is 12.9. The molecule has 3 rings (SSSR count). The fourth-order valence-electron chi connectivity index (χ4n) is 8.55. The first-order valence-electron chi connectivity index (χ1n) is 23.9. The van der Waals surface area contributed by atoms with Crippen molar-refractivity contribution in [3.8, 4) is 5.75 Å². The van der Waals surface area contributed by atoms with Crippen molar-refractivity contribution in [3.05, 3.63) is 29.8 Å². The number of ether oxygens (including phenoxy) is 3. The van der Waals surface area contributed by atoms with Crippen molar-refractivity contribution in [1.29, 1.82) is 0 Å². The van der Waals surface area contributed by atoms with Crippen molar-refractivity contribution in [2.75, 3.05) is 27.7 Å². The van der Waals surface area contributed by atoms with E-state index in [4.69, 9.17) is 14.2 Å². The van der Waals surface area contributed by atoms with Gasteiger partial charge in [-0.05, 0) is 87.9 Å². The summed E-state index contributed by atoms with van der Waals surface area (Å²) in [4.78, 5) is 116. The third-order valence-electron chi connectivity index (χ3n) is 12.9. The largest absolute Gasteiger partial charge is 0.497 e. The molecule has 0 radical (unpaired) electrons. The molecule has 0 spiro atoms. The molecule has 18 heteroatoms. The van der Waals surface area contributed by atoms with Gasteiger partial charge in [0.05, 0.1) is 37.6 Å². The number of methoxy groups -OCH3 is 1. The number of carbonyl (C=O) groups excluding carboxylic acids is 8. The van der Waals surface area contributed by atoms with Gasteiger partial charge in [-0.3, -0.25) is 33.6 Å². The number of ketones is 1. The molecule has 0 saturated carbocycles. The van der Waals surface area contributed by atoms with E-state index in [2.05, 4.69) is 21.3 Å². The van der Waals surface area contributed by atoms with Crippen LogP contribution < -0.4 is 26.0 Å². The monoisotopic (exact) mass is 943 g/mol. The van der Waals surface area contributed by atoms with Gasteiger partial charge in [0.1, 0.15) is 36.0 Å². The minimum atomic E-state index is -1.55. The first-order valence-corrected chi connectivity index (χ1v) is 23.9. The predicted octanol–water partition coefficient (Wildman–Crippen LogP) is 2.71. The van der Waals surface area contributed by atoms with E-state index in [-0.39, 0.29) is 37.6 Å². The fourth-order valence-corrected chi connectivity index (χ4v) is 8.55. The molecule has 2 saturated heterocycles. The highest BCUT2D eigenvalue weighted by Gasteiger charge is 2.44. The number of likely N-dealkylation sites (N-methyl/N-ethyl adjacent to an activating group) is 2. The summed E-state index contributed by atoms with van der Waals surface area (Å²) >= 11 is 0. The molecular formula is C49H78N6O12. The molecule has 11 atom stereocenters. The van der Waals surface area contributed by atoms with Crippen LogP contribution in [0.5, 0.6) is 5.75 Å². The van der Waals surface area contributed by atoms with Gasteiger partial charge < -0.3 is 50.4 Å². The van der Waals surface area contributed by atoms with E-state index < -0.39 is 126 Å². The maximum atomic E-state index is 14.7. The summed E-state index contributed by atoms with van der Waals surface area (Å²) in [6, 6.07) is 0.0322. The molecule has 5 N–H and O–H groups in total. The Labute approximate surface area is 396 Å². The molecule has 2 fully saturated rings. The Balaban J connectivity index is 2.23. The Morgan fingerprint density at radius 2 is 1.55 bits per heavy atom. The summed E-state index contributed by atoms with van der Waals surface area (Å²) in [6.45, 7) is 17.4. The molecule has 2 heterocycles. The summed E-state index contributed by atoms with van der Waals surface area (Å²) in [7, 11) is 4.56. The van der Waals surface area contributed by atoms with E-state index in [9.17, 15) is 43.5 Å². The van der Waals surface area contributed by atoms with E-state index in [0.29, 0.717) is 30.6 Å². The molecule has 1 aromatic rings. The van der Waals surface area contributed by atoms with Gasteiger partial charge in [-0.15, -0.1) is 0 Å². The fraction of sp³-hybridized carbons (Fsp3) is 0.714. The van der Waals surface area contributed by atoms with E-state index in [0.717, 1.165) is 0 Å². The van der Waals surface area contributed by atoms with Crippen molar-refractivity contribution in [2.24, 2.45) is 29.6 Å². The maximum Gasteiger partial charge on any atom is 0.329 e. The second-order valence-electron chi connectivity index (χ2n) is 19.5. The second kappa shape index (κ2) is 25.9. The van der Waals surface area contributed by atoms with Gasteiger partial charge in [0.15, 0.2) is 11.9 Å². The number of aliphatic hydroxyl groups excluding tert-OH is 1. The lowest BCUT2D eigenvalue weighted by atomic mass is 9.91. The Kier molecular flexibility index (Phi) is 21.7. The molecule has 376 valence electrons. The van der Waals surface area contributed by atoms with Gasteiger partial charge in [-0.2, -0.15) is 0 Å². The Bertz CT molecular complexity index is 1870. The van der Waals surface area contributed by atoms with Crippen molar-refractivity contribution in [2.45, 2.75) is 169 Å². The van der Waals surface area contributed by atoms with Gasteiger partial charge in [-0.1, -0.05) is 73.9 Å². The zero-order chi connectivity index (χ0) is 50.4. The second-order valence-corrected chi connectivity index (χ2v) is 19.5. The minimum absolute atomic E-state index is 0.0500. The number of rotatable bonds is 13. The van der Waals surface area contributed by atoms with Crippen LogP contribution in [0.1, 0.15) is 113 Å². The SMILES string of the molecule is CCC(C)C1NC(=O)[C@H](NC(=O)[C@H](CC(C)C)NC)[C@@H](C)OC(=O)[C@H](Cc2ccc(OC)cc2)N(C)C(=O)[C@@H]2CCCN2C(=O)[C@H](CC(C)C)NC(=O)C(C)C(=O)C(C(C)C)OC(=O)CC1O. The average Bonchev–Trinajstić information content (AvgIpc) is 3.77. The quantitative estimate of drug-likeness (QED) is 0.142. The standard InChI is InChI=1S/C49H78N6O12/c1-14-29(8)40-38(56)25-39(57)67-43(28(6)7)42(58)30(9)44(59)51-35(23-27(4)5)47(62)55-21-15-16-36(55)48(63)54(12)37(24-32-17-19-33(65-13)20-18-32)49(64)66-31(10)41(46(61)52-40)53-45(60)34(50-11)22-26(2)3/h17-20,26-31,34-38,40-41,43,50,56H,14-16,21-25H2,1-13H3,(H,51,59)(H,52,61)(H,53,60)/t29?,30?,31-,34+,35+,36+,37+,38?,40?,41-,43?/m1/s1. The van der Waals surface area contributed by atoms with Crippen molar-refractivity contribution < 1.29 is 57.7 Å². The number of amides is 5. The van der Waals surface area contributed by atoms with E-state index in [1.165, 1.54) is 37.8 Å². The lowest BCUT2D eigenvalue weighted by Crippen LogP contribution is -2.61. The number of fused-ring (bicyclic) bond motifs is 1. The number of carbonyl (C=O) groups is 8.